The van der Waals surface area contributed by atoms with Crippen LogP contribution in [0.2, 0.25) is 0 Å². The van der Waals surface area contributed by atoms with E-state index in [0.717, 1.165) is 5.56 Å². The molecule has 1 aromatic carbocycles. The summed E-state index contributed by atoms with van der Waals surface area (Å²) >= 11 is 0. The van der Waals surface area contributed by atoms with E-state index in [1.54, 1.807) is 53.4 Å². The number of ketones is 1. The second-order valence-corrected chi connectivity index (χ2v) is 10.6. The van der Waals surface area contributed by atoms with Gasteiger partial charge >= 0.3 is 6.09 Å². The molecular weight excluding hydrogens is 486 g/mol. The minimum atomic E-state index is -0.828. The molecule has 2 aliphatic rings. The molecule has 2 saturated heterocycles. The highest BCUT2D eigenvalue weighted by atomic mass is 16.6. The van der Waals surface area contributed by atoms with Gasteiger partial charge in [0.15, 0.2) is 0 Å². The number of piperidine rings is 1. The Balaban J connectivity index is 1.80. The largest absolute Gasteiger partial charge is 0.507 e. The number of aliphatic hydroxyl groups is 1. The number of rotatable bonds is 5. The van der Waals surface area contributed by atoms with Crippen molar-refractivity contribution >= 4 is 23.5 Å². The molecule has 0 radical (unpaired) electrons. The van der Waals surface area contributed by atoms with Crippen LogP contribution in [-0.2, 0) is 19.7 Å². The number of methoxy groups -OCH3 is 1. The molecule has 2 aromatic rings. The SMILES string of the molecule is CCOC(=O)N1CCC(N2C(=O)C(=O)/C(=C(/O)c3cc(C(C)(C)C)ccc3OC)C2c2cccnc2)CC1. The van der Waals surface area contributed by atoms with E-state index >= 15 is 0 Å². The fourth-order valence-electron chi connectivity index (χ4n) is 5.14. The predicted molar refractivity (Wildman–Crippen MR) is 142 cm³/mol. The van der Waals surface area contributed by atoms with E-state index in [9.17, 15) is 19.5 Å². The molecule has 2 aliphatic heterocycles. The van der Waals surface area contributed by atoms with Crippen LogP contribution in [0.1, 0.15) is 63.3 Å². The second kappa shape index (κ2) is 10.8. The van der Waals surface area contributed by atoms with E-state index in [2.05, 4.69) is 25.8 Å². The van der Waals surface area contributed by atoms with Crippen LogP contribution in [0, 0.1) is 0 Å². The summed E-state index contributed by atoms with van der Waals surface area (Å²) in [6, 6.07) is 7.88. The van der Waals surface area contributed by atoms with Crippen LogP contribution in [0.5, 0.6) is 5.75 Å². The third kappa shape index (κ3) is 5.10. The number of aliphatic hydroxyl groups excluding tert-OH is 1. The summed E-state index contributed by atoms with van der Waals surface area (Å²) < 4.78 is 10.6. The average Bonchev–Trinajstić information content (AvgIpc) is 3.18. The lowest BCUT2D eigenvalue weighted by atomic mass is 9.85. The molecule has 202 valence electrons. The van der Waals surface area contributed by atoms with Gasteiger partial charge in [0.1, 0.15) is 11.5 Å². The molecule has 38 heavy (non-hydrogen) atoms. The van der Waals surface area contributed by atoms with Gasteiger partial charge < -0.3 is 24.4 Å². The van der Waals surface area contributed by atoms with Crippen molar-refractivity contribution in [3.63, 3.8) is 0 Å². The minimum absolute atomic E-state index is 0.000168. The number of hydrogen-bond donors (Lipinski definition) is 1. The van der Waals surface area contributed by atoms with Crippen LogP contribution < -0.4 is 4.74 Å². The van der Waals surface area contributed by atoms with Crippen molar-refractivity contribution in [2.75, 3.05) is 26.8 Å². The zero-order chi connectivity index (χ0) is 27.6. The number of carbonyl (C=O) groups is 3. The molecule has 0 saturated carbocycles. The molecule has 0 bridgehead atoms. The summed E-state index contributed by atoms with van der Waals surface area (Å²) in [6.07, 6.45) is 3.79. The van der Waals surface area contributed by atoms with Crippen molar-refractivity contribution in [2.24, 2.45) is 0 Å². The lowest BCUT2D eigenvalue weighted by Crippen LogP contribution is -2.48. The number of amides is 2. The van der Waals surface area contributed by atoms with Crippen molar-refractivity contribution in [2.45, 2.75) is 58.0 Å². The average molecular weight is 522 g/mol. The standard InChI is InChI=1S/C29H35N3O6/c1-6-38-28(36)31-14-11-20(12-15-31)32-24(18-8-7-13-30-17-18)23(26(34)27(32)35)25(33)21-16-19(29(2,3)4)9-10-22(21)37-5/h7-10,13,16-17,20,24,33H,6,11-12,14-15H2,1-5H3/b25-23+. The lowest BCUT2D eigenvalue weighted by Gasteiger charge is -2.38. The van der Waals surface area contributed by atoms with Gasteiger partial charge in [0.2, 0.25) is 0 Å². The monoisotopic (exact) mass is 521 g/mol. The van der Waals surface area contributed by atoms with Crippen molar-refractivity contribution in [1.82, 2.24) is 14.8 Å². The Morgan fingerprint density at radius 3 is 2.45 bits per heavy atom. The van der Waals surface area contributed by atoms with Crippen LogP contribution in [0.25, 0.3) is 5.76 Å². The summed E-state index contributed by atoms with van der Waals surface area (Å²) in [6.45, 7) is 8.99. The molecular formula is C29H35N3O6. The topological polar surface area (TPSA) is 109 Å². The molecule has 0 aliphatic carbocycles. The summed E-state index contributed by atoms with van der Waals surface area (Å²) in [7, 11) is 1.50. The zero-order valence-corrected chi connectivity index (χ0v) is 22.6. The molecule has 4 rings (SSSR count). The Bertz CT molecular complexity index is 1240. The van der Waals surface area contributed by atoms with Gasteiger partial charge in [0.25, 0.3) is 11.7 Å². The van der Waals surface area contributed by atoms with Crippen molar-refractivity contribution in [3.8, 4) is 5.75 Å². The summed E-state index contributed by atoms with van der Waals surface area (Å²) in [4.78, 5) is 46.6. The van der Waals surface area contributed by atoms with E-state index in [0.29, 0.717) is 42.8 Å². The number of hydrogen-bond acceptors (Lipinski definition) is 7. The zero-order valence-electron chi connectivity index (χ0n) is 22.6. The first kappa shape index (κ1) is 27.2. The van der Waals surface area contributed by atoms with Crippen molar-refractivity contribution < 1.29 is 29.0 Å². The number of aromatic nitrogens is 1. The minimum Gasteiger partial charge on any atom is -0.507 e. The number of Topliss-reactive ketones (excluding diaryl/α,β-unsaturated/α-hetero) is 1. The smallest absolute Gasteiger partial charge is 0.409 e. The number of pyridine rings is 1. The highest BCUT2D eigenvalue weighted by Gasteiger charge is 2.49. The Morgan fingerprint density at radius 1 is 1.16 bits per heavy atom. The maximum atomic E-state index is 13.5. The van der Waals surface area contributed by atoms with E-state index < -0.39 is 17.7 Å². The predicted octanol–water partition coefficient (Wildman–Crippen LogP) is 4.43. The molecule has 1 N–H and O–H groups in total. The van der Waals surface area contributed by atoms with Gasteiger partial charge in [-0.05, 0) is 54.5 Å². The third-order valence-electron chi connectivity index (χ3n) is 7.18. The molecule has 2 amide bonds. The lowest BCUT2D eigenvalue weighted by molar-refractivity contribution is -0.142. The molecule has 1 aromatic heterocycles. The number of nitrogens with zero attached hydrogens (tertiary/aromatic N) is 3. The van der Waals surface area contributed by atoms with Crippen LogP contribution in [0.4, 0.5) is 4.79 Å². The molecule has 3 heterocycles. The van der Waals surface area contributed by atoms with E-state index in [4.69, 9.17) is 9.47 Å². The van der Waals surface area contributed by atoms with Gasteiger partial charge in [-0.2, -0.15) is 0 Å². The maximum Gasteiger partial charge on any atom is 0.409 e. The fourth-order valence-corrected chi connectivity index (χ4v) is 5.14. The van der Waals surface area contributed by atoms with Crippen LogP contribution in [-0.4, -0.2) is 70.5 Å². The van der Waals surface area contributed by atoms with Gasteiger partial charge in [-0.3, -0.25) is 14.6 Å². The van der Waals surface area contributed by atoms with Crippen molar-refractivity contribution in [3.05, 3.63) is 65.0 Å². The third-order valence-corrected chi connectivity index (χ3v) is 7.18. The normalized spacial score (nSPS) is 20.1. The van der Waals surface area contributed by atoms with Crippen LogP contribution in [0.3, 0.4) is 0 Å². The van der Waals surface area contributed by atoms with Gasteiger partial charge in [0, 0.05) is 31.5 Å². The number of likely N-dealkylation sites (tertiary alicyclic amines) is 2. The van der Waals surface area contributed by atoms with E-state index in [1.807, 2.05) is 6.07 Å². The van der Waals surface area contributed by atoms with Crippen LogP contribution >= 0.6 is 0 Å². The van der Waals surface area contributed by atoms with E-state index in [1.165, 1.54) is 7.11 Å². The van der Waals surface area contributed by atoms with Crippen molar-refractivity contribution in [1.29, 1.82) is 0 Å². The molecule has 2 fully saturated rings. The molecule has 1 unspecified atom stereocenters. The highest BCUT2D eigenvalue weighted by Crippen LogP contribution is 2.43. The van der Waals surface area contributed by atoms with Crippen LogP contribution in [0.15, 0.2) is 48.3 Å². The fraction of sp³-hybridized carbons (Fsp3) is 0.448. The first-order chi connectivity index (χ1) is 18.1. The number of benzene rings is 1. The summed E-state index contributed by atoms with van der Waals surface area (Å²) in [5.74, 6) is -1.32. The number of ether oxygens (including phenoxy) is 2. The number of carbonyl (C=O) groups excluding carboxylic acids is 3. The first-order valence-electron chi connectivity index (χ1n) is 12.9. The second-order valence-electron chi connectivity index (χ2n) is 10.6. The quantitative estimate of drug-likeness (QED) is 0.352. The maximum absolute atomic E-state index is 13.5. The molecule has 9 heteroatoms. The Hall–Kier alpha value is -3.88. The molecule has 0 spiro atoms. The van der Waals surface area contributed by atoms with Gasteiger partial charge in [-0.1, -0.05) is 32.9 Å². The van der Waals surface area contributed by atoms with Gasteiger partial charge in [-0.25, -0.2) is 4.79 Å². The van der Waals surface area contributed by atoms with E-state index in [-0.39, 0.29) is 35.5 Å². The first-order valence-corrected chi connectivity index (χ1v) is 12.9. The summed E-state index contributed by atoms with van der Waals surface area (Å²) in [5, 5.41) is 11.6. The Morgan fingerprint density at radius 2 is 1.87 bits per heavy atom. The molecule has 9 nitrogen and oxygen atoms in total. The highest BCUT2D eigenvalue weighted by molar-refractivity contribution is 6.46. The Labute approximate surface area is 223 Å². The molecule has 1 atom stereocenters. The summed E-state index contributed by atoms with van der Waals surface area (Å²) in [5.41, 5.74) is 1.69. The van der Waals surface area contributed by atoms with Gasteiger partial charge in [-0.15, -0.1) is 0 Å². The Kier molecular flexibility index (Phi) is 7.76. The van der Waals surface area contributed by atoms with Gasteiger partial charge in [0.05, 0.1) is 30.9 Å².